The third-order valence-corrected chi connectivity index (χ3v) is 4.79. The van der Waals surface area contributed by atoms with Crippen molar-refractivity contribution >= 4 is 23.8 Å². The minimum atomic E-state index is -1.25. The summed E-state index contributed by atoms with van der Waals surface area (Å²) in [6.45, 7) is 4.42. The molecule has 8 nitrogen and oxygen atoms in total. The fraction of sp³-hybridized carbons (Fsp3) is 0.474. The van der Waals surface area contributed by atoms with E-state index < -0.39 is 36.1 Å². The molecule has 1 aromatic carbocycles. The summed E-state index contributed by atoms with van der Waals surface area (Å²) in [5.74, 6) is -1.74. The Balaban J connectivity index is 1.63. The zero-order chi connectivity index (χ0) is 19.8. The number of nitrogens with one attached hydrogen (secondary N) is 2. The van der Waals surface area contributed by atoms with Gasteiger partial charge in [-0.1, -0.05) is 29.8 Å². The lowest BCUT2D eigenvalue weighted by Crippen LogP contribution is -2.43. The average Bonchev–Trinajstić information content (AvgIpc) is 3.39. The number of rotatable bonds is 6. The summed E-state index contributed by atoms with van der Waals surface area (Å²) < 4.78 is 5.06. The second-order valence-electron chi connectivity index (χ2n) is 7.23. The number of amides is 4. The summed E-state index contributed by atoms with van der Waals surface area (Å²) in [5, 5.41) is 5.37. The summed E-state index contributed by atoms with van der Waals surface area (Å²) in [5.41, 5.74) is 0.401. The Kier molecular flexibility index (Phi) is 4.91. The third-order valence-electron chi connectivity index (χ3n) is 4.79. The van der Waals surface area contributed by atoms with Crippen LogP contribution in [0.5, 0.6) is 0 Å². The molecular formula is C19H23N3O5. The average molecular weight is 373 g/mol. The van der Waals surface area contributed by atoms with Crippen LogP contribution in [0.15, 0.2) is 24.3 Å². The van der Waals surface area contributed by atoms with Gasteiger partial charge in [0.15, 0.2) is 6.10 Å². The summed E-state index contributed by atoms with van der Waals surface area (Å²) in [7, 11) is 0. The number of carbonyl (C=O) groups excluding carboxylic acids is 4. The highest BCUT2D eigenvalue weighted by Crippen LogP contribution is 2.29. The number of hydrogen-bond donors (Lipinski definition) is 2. The molecule has 1 saturated heterocycles. The number of urea groups is 1. The van der Waals surface area contributed by atoms with E-state index in [1.807, 2.05) is 19.1 Å². The highest BCUT2D eigenvalue weighted by molar-refractivity contribution is 6.08. The first-order valence-electron chi connectivity index (χ1n) is 8.92. The van der Waals surface area contributed by atoms with Gasteiger partial charge in [0.2, 0.25) is 0 Å². The van der Waals surface area contributed by atoms with Gasteiger partial charge >= 0.3 is 12.0 Å². The fourth-order valence-electron chi connectivity index (χ4n) is 2.89. The van der Waals surface area contributed by atoms with Crippen LogP contribution in [0.4, 0.5) is 4.79 Å². The van der Waals surface area contributed by atoms with E-state index in [1.165, 1.54) is 6.92 Å². The van der Waals surface area contributed by atoms with Crippen LogP contribution in [0, 0.1) is 6.92 Å². The summed E-state index contributed by atoms with van der Waals surface area (Å²) >= 11 is 0. The lowest BCUT2D eigenvalue weighted by Gasteiger charge is -2.22. The smallest absolute Gasteiger partial charge is 0.327 e. The monoisotopic (exact) mass is 373 g/mol. The van der Waals surface area contributed by atoms with Gasteiger partial charge < -0.3 is 15.4 Å². The second kappa shape index (κ2) is 7.02. The van der Waals surface area contributed by atoms with E-state index in [2.05, 4.69) is 10.6 Å². The zero-order valence-corrected chi connectivity index (χ0v) is 15.6. The van der Waals surface area contributed by atoms with E-state index >= 15 is 0 Å². The van der Waals surface area contributed by atoms with Gasteiger partial charge in [-0.2, -0.15) is 0 Å². The standard InChI is InChI=1S/C19H23N3O5/c1-11-4-6-13(7-5-11)19(3)17(25)22(18(26)21-19)10-15(23)27-12(2)16(24)20-14-8-9-14/h4-7,12,14H,8-10H2,1-3H3,(H,20,24)(H,21,26)/t12-,19+/m0/s1. The number of carbonyl (C=O) groups is 4. The molecule has 0 unspecified atom stereocenters. The van der Waals surface area contributed by atoms with Crippen LogP contribution in [0.2, 0.25) is 0 Å². The number of imide groups is 1. The number of esters is 1. The zero-order valence-electron chi connectivity index (χ0n) is 15.6. The normalized spacial score (nSPS) is 23.0. The molecule has 0 radical (unpaired) electrons. The first-order valence-corrected chi connectivity index (χ1v) is 8.92. The SMILES string of the molecule is Cc1ccc([C@@]2(C)NC(=O)N(CC(=O)O[C@@H](C)C(=O)NC3CC3)C2=O)cc1. The van der Waals surface area contributed by atoms with E-state index in [0.29, 0.717) is 5.56 Å². The highest BCUT2D eigenvalue weighted by Gasteiger charge is 2.49. The van der Waals surface area contributed by atoms with E-state index in [1.54, 1.807) is 19.1 Å². The molecule has 1 aliphatic carbocycles. The van der Waals surface area contributed by atoms with Gasteiger partial charge in [0, 0.05) is 6.04 Å². The van der Waals surface area contributed by atoms with Crippen molar-refractivity contribution in [3.63, 3.8) is 0 Å². The second-order valence-corrected chi connectivity index (χ2v) is 7.23. The first-order chi connectivity index (χ1) is 12.7. The van der Waals surface area contributed by atoms with Crippen molar-refractivity contribution in [1.29, 1.82) is 0 Å². The molecule has 8 heteroatoms. The summed E-state index contributed by atoms with van der Waals surface area (Å²) in [6, 6.07) is 6.70. The van der Waals surface area contributed by atoms with Crippen molar-refractivity contribution in [2.24, 2.45) is 0 Å². The van der Waals surface area contributed by atoms with Crippen molar-refractivity contribution in [3.8, 4) is 0 Å². The minimum absolute atomic E-state index is 0.153. The molecule has 1 heterocycles. The molecule has 2 atom stereocenters. The van der Waals surface area contributed by atoms with Crippen LogP contribution in [0.25, 0.3) is 0 Å². The number of nitrogens with zero attached hydrogens (tertiary/aromatic N) is 1. The Morgan fingerprint density at radius 3 is 2.52 bits per heavy atom. The van der Waals surface area contributed by atoms with Crippen LogP contribution in [-0.4, -0.2) is 47.4 Å². The quantitative estimate of drug-likeness (QED) is 0.571. The largest absolute Gasteiger partial charge is 0.451 e. The molecule has 1 saturated carbocycles. The molecule has 0 bridgehead atoms. The lowest BCUT2D eigenvalue weighted by atomic mass is 9.91. The topological polar surface area (TPSA) is 105 Å². The summed E-state index contributed by atoms with van der Waals surface area (Å²) in [4.78, 5) is 49.8. The molecule has 0 aromatic heterocycles. The van der Waals surface area contributed by atoms with Crippen LogP contribution in [-0.2, 0) is 24.7 Å². The lowest BCUT2D eigenvalue weighted by molar-refractivity contribution is -0.156. The van der Waals surface area contributed by atoms with Crippen LogP contribution in [0.1, 0.15) is 37.8 Å². The van der Waals surface area contributed by atoms with Crippen LogP contribution in [0.3, 0.4) is 0 Å². The van der Waals surface area contributed by atoms with Crippen LogP contribution < -0.4 is 10.6 Å². The van der Waals surface area contributed by atoms with Crippen molar-refractivity contribution < 1.29 is 23.9 Å². The van der Waals surface area contributed by atoms with Crippen molar-refractivity contribution in [1.82, 2.24) is 15.5 Å². The van der Waals surface area contributed by atoms with Crippen molar-refractivity contribution in [2.75, 3.05) is 6.54 Å². The summed E-state index contributed by atoms with van der Waals surface area (Å²) in [6.07, 6.45) is 0.862. The molecule has 2 fully saturated rings. The van der Waals surface area contributed by atoms with Crippen LogP contribution >= 0.6 is 0 Å². The number of ether oxygens (including phenoxy) is 1. The van der Waals surface area contributed by atoms with Crippen molar-refractivity contribution in [3.05, 3.63) is 35.4 Å². The van der Waals surface area contributed by atoms with Crippen molar-refractivity contribution in [2.45, 2.75) is 51.3 Å². The number of aryl methyl sites for hydroxylation is 1. The van der Waals surface area contributed by atoms with Gasteiger partial charge in [0.25, 0.3) is 11.8 Å². The highest BCUT2D eigenvalue weighted by atomic mass is 16.5. The number of benzene rings is 1. The van der Waals surface area contributed by atoms with E-state index in [-0.39, 0.29) is 11.9 Å². The maximum absolute atomic E-state index is 12.8. The predicted molar refractivity (Wildman–Crippen MR) is 95.5 cm³/mol. The third kappa shape index (κ3) is 3.94. The maximum Gasteiger partial charge on any atom is 0.327 e. The van der Waals surface area contributed by atoms with Gasteiger partial charge in [-0.3, -0.25) is 19.3 Å². The molecule has 2 N–H and O–H groups in total. The Morgan fingerprint density at radius 2 is 1.93 bits per heavy atom. The minimum Gasteiger partial charge on any atom is -0.451 e. The Labute approximate surface area is 157 Å². The molecule has 1 aromatic rings. The Morgan fingerprint density at radius 1 is 1.30 bits per heavy atom. The molecule has 144 valence electrons. The number of hydrogen-bond acceptors (Lipinski definition) is 5. The molecule has 3 rings (SSSR count). The Bertz CT molecular complexity index is 787. The van der Waals surface area contributed by atoms with Gasteiger partial charge in [-0.05, 0) is 39.2 Å². The molecule has 1 aliphatic heterocycles. The predicted octanol–water partition coefficient (Wildman–Crippen LogP) is 0.972. The van der Waals surface area contributed by atoms with Gasteiger partial charge in [0.05, 0.1) is 0 Å². The molecule has 0 spiro atoms. The van der Waals surface area contributed by atoms with Gasteiger partial charge in [-0.25, -0.2) is 4.79 Å². The van der Waals surface area contributed by atoms with E-state index in [0.717, 1.165) is 23.3 Å². The fourth-order valence-corrected chi connectivity index (χ4v) is 2.89. The molecule has 27 heavy (non-hydrogen) atoms. The molecule has 4 amide bonds. The Hall–Kier alpha value is -2.90. The molecular weight excluding hydrogens is 350 g/mol. The molecule has 2 aliphatic rings. The van der Waals surface area contributed by atoms with E-state index in [4.69, 9.17) is 4.74 Å². The van der Waals surface area contributed by atoms with E-state index in [9.17, 15) is 19.2 Å². The van der Waals surface area contributed by atoms with Gasteiger partial charge in [0.1, 0.15) is 12.1 Å². The first kappa shape index (κ1) is 18.9. The van der Waals surface area contributed by atoms with Gasteiger partial charge in [-0.15, -0.1) is 0 Å². The maximum atomic E-state index is 12.8.